The minimum absolute atomic E-state index is 0.359. The molecule has 1 saturated carbocycles. The lowest BCUT2D eigenvalue weighted by molar-refractivity contribution is -0.147. The number of hydrogen-bond donors (Lipinski definition) is 3. The molecule has 1 amide bonds. The van der Waals surface area contributed by atoms with Crippen LogP contribution in [-0.2, 0) is 9.59 Å². The highest BCUT2D eigenvalue weighted by Gasteiger charge is 2.43. The smallest absolute Gasteiger partial charge is 0.329 e. The fourth-order valence-corrected chi connectivity index (χ4v) is 1.88. The molecule has 0 radical (unpaired) electrons. The molecule has 5 heteroatoms. The zero-order valence-corrected chi connectivity index (χ0v) is 8.95. The number of aliphatic carboxylic acids is 1. The van der Waals surface area contributed by atoms with Gasteiger partial charge < -0.3 is 16.2 Å². The van der Waals surface area contributed by atoms with Gasteiger partial charge in [0.25, 0.3) is 0 Å². The maximum atomic E-state index is 11.5. The summed E-state index contributed by atoms with van der Waals surface area (Å²) in [4.78, 5) is 22.7. The molecule has 0 aromatic carbocycles. The third-order valence-electron chi connectivity index (χ3n) is 3.01. The number of nitrogens with one attached hydrogen (secondary N) is 1. The van der Waals surface area contributed by atoms with E-state index >= 15 is 0 Å². The van der Waals surface area contributed by atoms with Gasteiger partial charge >= 0.3 is 5.97 Å². The maximum absolute atomic E-state index is 11.5. The number of carbonyl (C=O) groups excluding carboxylic acids is 1. The Balaban J connectivity index is 2.67. The second-order valence-corrected chi connectivity index (χ2v) is 4.10. The first-order chi connectivity index (χ1) is 7.02. The van der Waals surface area contributed by atoms with Gasteiger partial charge in [0.15, 0.2) is 0 Å². The average molecular weight is 214 g/mol. The number of amides is 1. The monoisotopic (exact) mass is 214 g/mol. The molecule has 0 bridgehead atoms. The number of hydrogen-bond acceptors (Lipinski definition) is 3. The van der Waals surface area contributed by atoms with Crippen molar-refractivity contribution in [1.82, 2.24) is 5.32 Å². The summed E-state index contributed by atoms with van der Waals surface area (Å²) in [5.41, 5.74) is 4.48. The predicted molar refractivity (Wildman–Crippen MR) is 55.2 cm³/mol. The van der Waals surface area contributed by atoms with Crippen molar-refractivity contribution in [2.75, 3.05) is 0 Å². The van der Waals surface area contributed by atoms with Crippen LogP contribution in [0.3, 0.4) is 0 Å². The number of rotatable bonds is 4. The van der Waals surface area contributed by atoms with Crippen LogP contribution < -0.4 is 11.1 Å². The van der Waals surface area contributed by atoms with Crippen molar-refractivity contribution in [2.45, 2.75) is 50.6 Å². The van der Waals surface area contributed by atoms with Gasteiger partial charge in [-0.05, 0) is 19.3 Å². The Labute approximate surface area is 89.0 Å². The van der Waals surface area contributed by atoms with Crippen molar-refractivity contribution in [3.05, 3.63) is 0 Å². The van der Waals surface area contributed by atoms with Crippen LogP contribution in [0.1, 0.15) is 39.0 Å². The van der Waals surface area contributed by atoms with Crippen molar-refractivity contribution >= 4 is 11.9 Å². The van der Waals surface area contributed by atoms with E-state index in [1.165, 1.54) is 0 Å². The third-order valence-corrected chi connectivity index (χ3v) is 3.01. The summed E-state index contributed by atoms with van der Waals surface area (Å²) in [6.45, 7) is 1.80. The Morgan fingerprint density at radius 3 is 2.40 bits per heavy atom. The van der Waals surface area contributed by atoms with E-state index in [1.54, 1.807) is 6.92 Å². The Morgan fingerprint density at radius 1 is 1.47 bits per heavy atom. The second-order valence-electron chi connectivity index (χ2n) is 4.10. The van der Waals surface area contributed by atoms with Crippen molar-refractivity contribution < 1.29 is 14.7 Å². The van der Waals surface area contributed by atoms with Gasteiger partial charge in [-0.2, -0.15) is 0 Å². The first-order valence-corrected chi connectivity index (χ1v) is 5.33. The lowest BCUT2D eigenvalue weighted by atomic mass is 9.97. The quantitative estimate of drug-likeness (QED) is 0.625. The van der Waals surface area contributed by atoms with E-state index in [-0.39, 0.29) is 5.91 Å². The predicted octanol–water partition coefficient (Wildman–Crippen LogP) is 0.237. The highest BCUT2D eigenvalue weighted by molar-refractivity contribution is 5.89. The standard InChI is InChI=1S/C10H18N2O3/c1-2-7(11)8(13)12-10(9(14)15)5-3-4-6-10/h7H,2-6,11H2,1H3,(H,12,13)(H,14,15)/t7-/m0/s1. The maximum Gasteiger partial charge on any atom is 0.329 e. The van der Waals surface area contributed by atoms with E-state index in [0.717, 1.165) is 12.8 Å². The fraction of sp³-hybridized carbons (Fsp3) is 0.800. The van der Waals surface area contributed by atoms with Gasteiger partial charge in [0.05, 0.1) is 6.04 Å². The highest BCUT2D eigenvalue weighted by atomic mass is 16.4. The lowest BCUT2D eigenvalue weighted by Gasteiger charge is -2.26. The van der Waals surface area contributed by atoms with Crippen LogP contribution in [0.15, 0.2) is 0 Å². The molecule has 5 nitrogen and oxygen atoms in total. The van der Waals surface area contributed by atoms with Gasteiger partial charge in [0.2, 0.25) is 5.91 Å². The van der Waals surface area contributed by atoms with Crippen LogP contribution >= 0.6 is 0 Å². The molecule has 86 valence electrons. The van der Waals surface area contributed by atoms with Gasteiger partial charge in [-0.15, -0.1) is 0 Å². The van der Waals surface area contributed by atoms with Gasteiger partial charge in [-0.25, -0.2) is 4.79 Å². The third kappa shape index (κ3) is 2.47. The van der Waals surface area contributed by atoms with Gasteiger partial charge in [0, 0.05) is 0 Å². The molecule has 1 rings (SSSR count). The van der Waals surface area contributed by atoms with Crippen molar-refractivity contribution in [3.8, 4) is 0 Å². The largest absolute Gasteiger partial charge is 0.480 e. The molecule has 0 heterocycles. The molecule has 0 spiro atoms. The van der Waals surface area contributed by atoms with Crippen LogP contribution in [0.4, 0.5) is 0 Å². The minimum atomic E-state index is -1.07. The molecule has 0 aromatic rings. The Hall–Kier alpha value is -1.10. The van der Waals surface area contributed by atoms with Crippen molar-refractivity contribution in [3.63, 3.8) is 0 Å². The summed E-state index contributed by atoms with van der Waals surface area (Å²) in [5, 5.41) is 11.7. The normalized spacial score (nSPS) is 20.9. The van der Waals surface area contributed by atoms with E-state index < -0.39 is 17.6 Å². The topological polar surface area (TPSA) is 92.4 Å². The van der Waals surface area contributed by atoms with Crippen molar-refractivity contribution in [2.24, 2.45) is 5.73 Å². The van der Waals surface area contributed by atoms with E-state index in [9.17, 15) is 9.59 Å². The zero-order valence-electron chi connectivity index (χ0n) is 8.95. The summed E-state index contributed by atoms with van der Waals surface area (Å²) in [6, 6.07) is -0.609. The van der Waals surface area contributed by atoms with Gasteiger partial charge in [0.1, 0.15) is 5.54 Å². The molecule has 15 heavy (non-hydrogen) atoms. The molecule has 1 atom stereocenters. The fourth-order valence-electron chi connectivity index (χ4n) is 1.88. The lowest BCUT2D eigenvalue weighted by Crippen LogP contribution is -2.56. The molecule has 0 aliphatic heterocycles. The second kappa shape index (κ2) is 4.61. The minimum Gasteiger partial charge on any atom is -0.480 e. The zero-order chi connectivity index (χ0) is 11.5. The van der Waals surface area contributed by atoms with E-state index in [4.69, 9.17) is 10.8 Å². The Morgan fingerprint density at radius 2 is 2.00 bits per heavy atom. The number of carboxylic acids is 1. The SMILES string of the molecule is CC[C@H](N)C(=O)NC1(C(=O)O)CCCC1. The average Bonchev–Trinajstić information content (AvgIpc) is 2.66. The first-order valence-electron chi connectivity index (χ1n) is 5.33. The first kappa shape index (κ1) is 12.0. The number of carboxylic acid groups (broad SMARTS) is 1. The van der Waals surface area contributed by atoms with Crippen LogP contribution in [0.2, 0.25) is 0 Å². The van der Waals surface area contributed by atoms with E-state index in [2.05, 4.69) is 5.32 Å². The molecule has 1 aliphatic carbocycles. The summed E-state index contributed by atoms with van der Waals surface area (Å²) in [6.07, 6.45) is 3.21. The van der Waals surface area contributed by atoms with Crippen LogP contribution in [0, 0.1) is 0 Å². The molecule has 0 saturated heterocycles. The van der Waals surface area contributed by atoms with Crippen LogP contribution in [0.5, 0.6) is 0 Å². The van der Waals surface area contributed by atoms with Crippen LogP contribution in [-0.4, -0.2) is 28.6 Å². The molecule has 4 N–H and O–H groups in total. The highest BCUT2D eigenvalue weighted by Crippen LogP contribution is 2.29. The summed E-state index contributed by atoms with van der Waals surface area (Å²) < 4.78 is 0. The number of nitrogens with two attached hydrogens (primary N) is 1. The molecule has 1 fully saturated rings. The Bertz CT molecular complexity index is 259. The van der Waals surface area contributed by atoms with E-state index in [1.807, 2.05) is 0 Å². The molecule has 1 aliphatic rings. The summed E-state index contributed by atoms with van der Waals surface area (Å²) >= 11 is 0. The molecule has 0 unspecified atom stereocenters. The van der Waals surface area contributed by atoms with E-state index in [0.29, 0.717) is 19.3 Å². The van der Waals surface area contributed by atoms with Crippen LogP contribution in [0.25, 0.3) is 0 Å². The van der Waals surface area contributed by atoms with Gasteiger partial charge in [-0.1, -0.05) is 19.8 Å². The summed E-state index contributed by atoms with van der Waals surface area (Å²) in [5.74, 6) is -1.31. The van der Waals surface area contributed by atoms with Crippen molar-refractivity contribution in [1.29, 1.82) is 0 Å². The molecule has 0 aromatic heterocycles. The molecular weight excluding hydrogens is 196 g/mol. The van der Waals surface area contributed by atoms with Gasteiger partial charge in [-0.3, -0.25) is 4.79 Å². The Kier molecular flexibility index (Phi) is 3.68. The summed E-state index contributed by atoms with van der Waals surface area (Å²) in [7, 11) is 0. The molecular formula is C10H18N2O3. The number of carbonyl (C=O) groups is 2.